The Morgan fingerprint density at radius 3 is 0.750 bits per heavy atom. The van der Waals surface area contributed by atoms with E-state index in [1.54, 1.807) is 0 Å². The predicted octanol–water partition coefficient (Wildman–Crippen LogP) is -6.00. The Balaban J connectivity index is 0. The molecule has 4 heteroatoms. The van der Waals surface area contributed by atoms with E-state index in [9.17, 15) is 0 Å². The van der Waals surface area contributed by atoms with E-state index in [-0.39, 0.29) is 43.5 Å². The van der Waals surface area contributed by atoms with Gasteiger partial charge in [0.15, 0.2) is 0 Å². The van der Waals surface area contributed by atoms with Crippen LogP contribution in [0.3, 0.4) is 0 Å². The molecule has 0 heterocycles. The summed E-state index contributed by atoms with van der Waals surface area (Å²) in [5.41, 5.74) is 0. The molecule has 0 atom stereocenters. The van der Waals surface area contributed by atoms with Crippen LogP contribution in [0.1, 0.15) is 0 Å². The standard InChI is InChI=1S/2FH.2Fe/h2*1H;;/q;;+2;+3/p-2. The topological polar surface area (TPSA) is 0 Å². The average molecular weight is 150 g/mol. The fourth-order valence-corrected chi connectivity index (χ4v) is 0. The van der Waals surface area contributed by atoms with Gasteiger partial charge in [0, 0.05) is 0 Å². The molecule has 0 aliphatic carbocycles. The van der Waals surface area contributed by atoms with Crippen LogP contribution in [-0.4, -0.2) is 0 Å². The molecule has 0 aromatic carbocycles. The Hall–Kier alpha value is 0.899. The third kappa shape index (κ3) is 12.9. The molecule has 0 aromatic rings. The van der Waals surface area contributed by atoms with Crippen LogP contribution < -0.4 is 9.41 Å². The quantitative estimate of drug-likeness (QED) is 0.301. The molecule has 0 N–H and O–H groups in total. The normalized spacial score (nSPS) is 0. The van der Waals surface area contributed by atoms with Gasteiger partial charge in [0.1, 0.15) is 0 Å². The zero-order chi connectivity index (χ0) is 0. The molecule has 0 fully saturated rings. The minimum Gasteiger partial charge on any atom is -1.00 e. The summed E-state index contributed by atoms with van der Waals surface area (Å²) in [5, 5.41) is 0. The molecule has 27 valence electrons. The number of hydrogen-bond donors (Lipinski definition) is 0. The van der Waals surface area contributed by atoms with Gasteiger partial charge in [0.25, 0.3) is 0 Å². The van der Waals surface area contributed by atoms with Crippen molar-refractivity contribution in [1.82, 2.24) is 0 Å². The minimum atomic E-state index is 0. The third-order valence-electron chi connectivity index (χ3n) is 0. The Labute approximate surface area is 44.0 Å². The molecule has 0 amide bonds. The molecule has 0 aliphatic heterocycles. The zero-order valence-electron chi connectivity index (χ0n) is 1.46. The molecular weight excluding hydrogens is 150 g/mol. The summed E-state index contributed by atoms with van der Waals surface area (Å²) in [7, 11) is 0. The Morgan fingerprint density at radius 2 is 0.750 bits per heavy atom. The van der Waals surface area contributed by atoms with E-state index in [1.165, 1.54) is 0 Å². The summed E-state index contributed by atoms with van der Waals surface area (Å²) in [6, 6.07) is 0. The molecule has 0 rings (SSSR count). The molecule has 4 heavy (non-hydrogen) atoms. The van der Waals surface area contributed by atoms with Gasteiger partial charge < -0.3 is 9.41 Å². The fraction of sp³-hybridized carbons (Fsp3) is 0. The van der Waals surface area contributed by atoms with Crippen molar-refractivity contribution in [1.29, 1.82) is 0 Å². The van der Waals surface area contributed by atoms with Crippen molar-refractivity contribution in [2.75, 3.05) is 0 Å². The van der Waals surface area contributed by atoms with Gasteiger partial charge in [0.05, 0.1) is 0 Å². The first-order chi connectivity index (χ1) is 0. The van der Waals surface area contributed by atoms with Crippen LogP contribution in [-0.2, 0) is 34.1 Å². The van der Waals surface area contributed by atoms with Gasteiger partial charge in [-0.1, -0.05) is 0 Å². The van der Waals surface area contributed by atoms with Gasteiger partial charge in [-0.05, 0) is 0 Å². The van der Waals surface area contributed by atoms with Gasteiger partial charge in [-0.2, -0.15) is 0 Å². The average Bonchev–Trinajstić information content (AvgIpc) is 0. The monoisotopic (exact) mass is 150 g/mol. The molecule has 0 bridgehead atoms. The smallest absolute Gasteiger partial charge is 1.00 e. The molecule has 0 spiro atoms. The van der Waals surface area contributed by atoms with Crippen LogP contribution >= 0.6 is 0 Å². The largest absolute Gasteiger partial charge is 3.00 e. The summed E-state index contributed by atoms with van der Waals surface area (Å²) in [6.45, 7) is 0. The van der Waals surface area contributed by atoms with Crippen molar-refractivity contribution in [2.45, 2.75) is 0 Å². The fourth-order valence-electron chi connectivity index (χ4n) is 0. The van der Waals surface area contributed by atoms with E-state index in [4.69, 9.17) is 0 Å². The van der Waals surface area contributed by atoms with Crippen molar-refractivity contribution in [3.8, 4) is 0 Å². The van der Waals surface area contributed by atoms with E-state index in [0.29, 0.717) is 0 Å². The summed E-state index contributed by atoms with van der Waals surface area (Å²) in [4.78, 5) is 0. The van der Waals surface area contributed by atoms with E-state index >= 15 is 0 Å². The van der Waals surface area contributed by atoms with Gasteiger partial charge in [-0.3, -0.25) is 0 Å². The molecular formula is F2Fe2+3. The second kappa shape index (κ2) is 40.5. The van der Waals surface area contributed by atoms with Crippen LogP contribution in [0.4, 0.5) is 0 Å². The predicted molar refractivity (Wildman–Crippen MR) is 0 cm³/mol. The van der Waals surface area contributed by atoms with Crippen LogP contribution in [0, 0.1) is 0 Å². The SMILES string of the molecule is [F-].[F-].[Fe+2].[Fe+3]. The molecule has 0 nitrogen and oxygen atoms in total. The summed E-state index contributed by atoms with van der Waals surface area (Å²) in [5.74, 6) is 0. The van der Waals surface area contributed by atoms with E-state index in [2.05, 4.69) is 0 Å². The molecule has 0 saturated carbocycles. The van der Waals surface area contributed by atoms with Gasteiger partial charge in [0.2, 0.25) is 0 Å². The number of halogens is 2. The van der Waals surface area contributed by atoms with Crippen molar-refractivity contribution in [2.24, 2.45) is 0 Å². The number of rotatable bonds is 0. The van der Waals surface area contributed by atoms with Crippen LogP contribution in [0.5, 0.6) is 0 Å². The maximum Gasteiger partial charge on any atom is 3.00 e. The van der Waals surface area contributed by atoms with Crippen molar-refractivity contribution < 1.29 is 43.5 Å². The third-order valence-corrected chi connectivity index (χ3v) is 0. The van der Waals surface area contributed by atoms with Crippen molar-refractivity contribution >= 4 is 0 Å². The first-order valence-corrected chi connectivity index (χ1v) is 0. The Bertz CT molecular complexity index is 4.00. The van der Waals surface area contributed by atoms with Crippen LogP contribution in [0.15, 0.2) is 0 Å². The molecule has 0 aliphatic rings. The van der Waals surface area contributed by atoms with Crippen LogP contribution in [0.2, 0.25) is 0 Å². The van der Waals surface area contributed by atoms with Crippen molar-refractivity contribution in [3.05, 3.63) is 0 Å². The first-order valence-electron chi connectivity index (χ1n) is 0. The van der Waals surface area contributed by atoms with E-state index in [1.807, 2.05) is 0 Å². The number of hydrogen-bond acceptors (Lipinski definition) is 0. The maximum atomic E-state index is 0. The second-order valence-corrected chi connectivity index (χ2v) is 0. The summed E-state index contributed by atoms with van der Waals surface area (Å²) in [6.07, 6.45) is 0. The van der Waals surface area contributed by atoms with E-state index in [0.717, 1.165) is 0 Å². The van der Waals surface area contributed by atoms with Gasteiger partial charge in [-0.15, -0.1) is 0 Å². The first kappa shape index (κ1) is 92.2. The Morgan fingerprint density at radius 1 is 0.750 bits per heavy atom. The van der Waals surface area contributed by atoms with Gasteiger partial charge >= 0.3 is 34.1 Å². The molecule has 0 saturated heterocycles. The molecule has 0 aromatic heterocycles. The Kier molecular flexibility index (Phi) is 934. The molecule has 0 unspecified atom stereocenters. The molecule has 1 radical (unpaired) electrons. The minimum absolute atomic E-state index is 0. The second-order valence-electron chi connectivity index (χ2n) is 0. The van der Waals surface area contributed by atoms with Gasteiger partial charge in [-0.25, -0.2) is 0 Å². The maximum absolute atomic E-state index is 0. The van der Waals surface area contributed by atoms with Crippen LogP contribution in [0.25, 0.3) is 0 Å². The summed E-state index contributed by atoms with van der Waals surface area (Å²) >= 11 is 0. The van der Waals surface area contributed by atoms with Crippen molar-refractivity contribution in [3.63, 3.8) is 0 Å². The van der Waals surface area contributed by atoms with E-state index < -0.39 is 0 Å². The summed E-state index contributed by atoms with van der Waals surface area (Å²) < 4.78 is 0. The zero-order valence-corrected chi connectivity index (χ0v) is 3.67.